The van der Waals surface area contributed by atoms with E-state index in [4.69, 9.17) is 0 Å². The van der Waals surface area contributed by atoms with Crippen molar-refractivity contribution < 1.29 is 0 Å². The van der Waals surface area contributed by atoms with E-state index in [1.807, 2.05) is 0 Å². The van der Waals surface area contributed by atoms with Crippen molar-refractivity contribution in [3.8, 4) is 0 Å². The molecule has 1 aromatic carbocycles. The third-order valence-electron chi connectivity index (χ3n) is 4.93. The number of piperidine rings is 1. The van der Waals surface area contributed by atoms with Crippen LogP contribution in [0.2, 0.25) is 0 Å². The van der Waals surface area contributed by atoms with Crippen molar-refractivity contribution in [2.24, 2.45) is 0 Å². The summed E-state index contributed by atoms with van der Waals surface area (Å²) in [7, 11) is 0. The molecule has 0 aromatic heterocycles. The molecule has 2 aliphatic rings. The van der Waals surface area contributed by atoms with E-state index < -0.39 is 0 Å². The first-order valence-electron chi connectivity index (χ1n) is 8.62. The minimum atomic E-state index is 0.843. The largest absolute Gasteiger partial charge is 0.371 e. The van der Waals surface area contributed by atoms with E-state index in [0.29, 0.717) is 0 Å². The number of allylic oxidation sites excluding steroid dienone is 1. The zero-order valence-corrected chi connectivity index (χ0v) is 13.3. The molecule has 2 aliphatic heterocycles. The van der Waals surface area contributed by atoms with Crippen molar-refractivity contribution in [1.29, 1.82) is 0 Å². The van der Waals surface area contributed by atoms with Crippen molar-refractivity contribution in [1.82, 2.24) is 4.90 Å². The Balaban J connectivity index is 1.55. The summed E-state index contributed by atoms with van der Waals surface area (Å²) < 4.78 is 0. The van der Waals surface area contributed by atoms with Gasteiger partial charge in [0.15, 0.2) is 0 Å². The number of rotatable bonds is 4. The van der Waals surface area contributed by atoms with Gasteiger partial charge in [0.05, 0.1) is 0 Å². The van der Waals surface area contributed by atoms with Gasteiger partial charge in [-0.05, 0) is 62.9 Å². The fraction of sp³-hybridized carbons (Fsp3) is 0.579. The first-order chi connectivity index (χ1) is 10.4. The lowest BCUT2D eigenvalue weighted by Gasteiger charge is -2.37. The van der Waals surface area contributed by atoms with Gasteiger partial charge in [-0.2, -0.15) is 0 Å². The SMILES string of the molecule is CC/C=C/c1ccc(N2CCC(N3CCCC3)CC2)cc1. The van der Waals surface area contributed by atoms with Gasteiger partial charge in [-0.1, -0.05) is 31.2 Å². The van der Waals surface area contributed by atoms with Gasteiger partial charge in [-0.15, -0.1) is 0 Å². The van der Waals surface area contributed by atoms with Crippen molar-refractivity contribution >= 4 is 11.8 Å². The van der Waals surface area contributed by atoms with Crippen LogP contribution < -0.4 is 4.90 Å². The molecule has 3 rings (SSSR count). The summed E-state index contributed by atoms with van der Waals surface area (Å²) in [4.78, 5) is 5.27. The lowest BCUT2D eigenvalue weighted by atomic mass is 10.0. The first-order valence-corrected chi connectivity index (χ1v) is 8.62. The van der Waals surface area contributed by atoms with E-state index in [2.05, 4.69) is 53.1 Å². The summed E-state index contributed by atoms with van der Waals surface area (Å²) in [6.45, 7) is 7.28. The predicted molar refractivity (Wildman–Crippen MR) is 91.8 cm³/mol. The zero-order chi connectivity index (χ0) is 14.5. The summed E-state index contributed by atoms with van der Waals surface area (Å²) in [6.07, 6.45) is 11.0. The second kappa shape index (κ2) is 7.13. The van der Waals surface area contributed by atoms with Crippen LogP contribution >= 0.6 is 0 Å². The lowest BCUT2D eigenvalue weighted by Crippen LogP contribution is -2.43. The molecule has 114 valence electrons. The molecule has 2 saturated heterocycles. The maximum Gasteiger partial charge on any atom is 0.0366 e. The molecule has 2 fully saturated rings. The molecule has 2 nitrogen and oxygen atoms in total. The number of nitrogens with zero attached hydrogens (tertiary/aromatic N) is 2. The van der Waals surface area contributed by atoms with Gasteiger partial charge in [0.2, 0.25) is 0 Å². The van der Waals surface area contributed by atoms with Crippen molar-refractivity contribution in [3.63, 3.8) is 0 Å². The molecule has 0 atom stereocenters. The molecule has 0 spiro atoms. The Bertz CT molecular complexity index is 449. The van der Waals surface area contributed by atoms with Gasteiger partial charge in [-0.3, -0.25) is 0 Å². The maximum absolute atomic E-state index is 2.72. The van der Waals surface area contributed by atoms with E-state index in [1.54, 1.807) is 0 Å². The third-order valence-corrected chi connectivity index (χ3v) is 4.93. The van der Waals surface area contributed by atoms with Crippen LogP contribution in [0.1, 0.15) is 44.6 Å². The summed E-state index contributed by atoms with van der Waals surface area (Å²) in [6, 6.07) is 9.90. The minimum absolute atomic E-state index is 0.843. The second-order valence-electron chi connectivity index (χ2n) is 6.36. The van der Waals surface area contributed by atoms with E-state index in [9.17, 15) is 0 Å². The molecule has 2 heterocycles. The summed E-state index contributed by atoms with van der Waals surface area (Å²) >= 11 is 0. The Hall–Kier alpha value is -1.28. The Morgan fingerprint density at radius 1 is 1.00 bits per heavy atom. The van der Waals surface area contributed by atoms with Crippen LogP contribution in [0, 0.1) is 0 Å². The van der Waals surface area contributed by atoms with Crippen LogP contribution in [0.15, 0.2) is 30.3 Å². The smallest absolute Gasteiger partial charge is 0.0366 e. The van der Waals surface area contributed by atoms with Gasteiger partial charge < -0.3 is 9.80 Å². The Kier molecular flexibility index (Phi) is 4.97. The topological polar surface area (TPSA) is 6.48 Å². The second-order valence-corrected chi connectivity index (χ2v) is 6.36. The van der Waals surface area contributed by atoms with Crippen molar-refractivity contribution in [3.05, 3.63) is 35.9 Å². The summed E-state index contributed by atoms with van der Waals surface area (Å²) in [5.74, 6) is 0. The van der Waals surface area contributed by atoms with Gasteiger partial charge in [0.1, 0.15) is 0 Å². The highest BCUT2D eigenvalue weighted by Gasteiger charge is 2.26. The number of anilines is 1. The molecule has 0 radical (unpaired) electrons. The molecule has 0 N–H and O–H groups in total. The quantitative estimate of drug-likeness (QED) is 0.818. The van der Waals surface area contributed by atoms with Gasteiger partial charge in [-0.25, -0.2) is 0 Å². The Labute approximate surface area is 129 Å². The average Bonchev–Trinajstić information content (AvgIpc) is 3.08. The Morgan fingerprint density at radius 3 is 2.29 bits per heavy atom. The summed E-state index contributed by atoms with van der Waals surface area (Å²) in [5.41, 5.74) is 2.70. The standard InChI is InChI=1S/C19H28N2/c1-2-3-6-17-7-9-18(10-8-17)21-15-11-19(12-16-21)20-13-4-5-14-20/h3,6-10,19H,2,4-5,11-16H2,1H3/b6-3+. The Morgan fingerprint density at radius 2 is 1.67 bits per heavy atom. The number of benzene rings is 1. The normalized spacial score (nSPS) is 21.5. The maximum atomic E-state index is 2.72. The molecule has 1 aromatic rings. The molecular weight excluding hydrogens is 256 g/mol. The van der Waals surface area contributed by atoms with Gasteiger partial charge >= 0.3 is 0 Å². The number of hydrogen-bond donors (Lipinski definition) is 0. The van der Waals surface area contributed by atoms with Crippen LogP contribution in [0.25, 0.3) is 6.08 Å². The molecule has 0 aliphatic carbocycles. The van der Waals surface area contributed by atoms with Crippen LogP contribution in [-0.2, 0) is 0 Å². The predicted octanol–water partition coefficient (Wildman–Crippen LogP) is 4.17. The molecule has 0 unspecified atom stereocenters. The van der Waals surface area contributed by atoms with E-state index in [-0.39, 0.29) is 0 Å². The summed E-state index contributed by atoms with van der Waals surface area (Å²) in [5, 5.41) is 0. The van der Waals surface area contributed by atoms with Crippen LogP contribution in [0.3, 0.4) is 0 Å². The molecular formula is C19H28N2. The number of likely N-dealkylation sites (tertiary alicyclic amines) is 1. The van der Waals surface area contributed by atoms with Crippen LogP contribution in [0.5, 0.6) is 0 Å². The van der Waals surface area contributed by atoms with Crippen molar-refractivity contribution in [2.75, 3.05) is 31.1 Å². The monoisotopic (exact) mass is 284 g/mol. The fourth-order valence-corrected chi connectivity index (χ4v) is 3.65. The number of hydrogen-bond acceptors (Lipinski definition) is 2. The lowest BCUT2D eigenvalue weighted by molar-refractivity contribution is 0.208. The van der Waals surface area contributed by atoms with Gasteiger partial charge in [0, 0.05) is 24.8 Å². The minimum Gasteiger partial charge on any atom is -0.371 e. The zero-order valence-electron chi connectivity index (χ0n) is 13.3. The van der Waals surface area contributed by atoms with E-state index in [1.165, 1.54) is 63.1 Å². The van der Waals surface area contributed by atoms with E-state index >= 15 is 0 Å². The molecule has 0 saturated carbocycles. The highest BCUT2D eigenvalue weighted by atomic mass is 15.2. The molecule has 21 heavy (non-hydrogen) atoms. The molecule has 0 bridgehead atoms. The van der Waals surface area contributed by atoms with Gasteiger partial charge in [0.25, 0.3) is 0 Å². The van der Waals surface area contributed by atoms with Crippen molar-refractivity contribution in [2.45, 2.75) is 45.1 Å². The molecule has 2 heteroatoms. The highest BCUT2D eigenvalue weighted by Crippen LogP contribution is 2.25. The first kappa shape index (κ1) is 14.6. The third kappa shape index (κ3) is 3.68. The average molecular weight is 284 g/mol. The molecule has 0 amide bonds. The fourth-order valence-electron chi connectivity index (χ4n) is 3.65. The van der Waals surface area contributed by atoms with Crippen LogP contribution in [0.4, 0.5) is 5.69 Å². The van der Waals surface area contributed by atoms with Crippen LogP contribution in [-0.4, -0.2) is 37.1 Å². The highest BCUT2D eigenvalue weighted by molar-refractivity contribution is 5.56. The van der Waals surface area contributed by atoms with E-state index in [0.717, 1.165) is 12.5 Å².